The van der Waals surface area contributed by atoms with Gasteiger partial charge in [0.25, 0.3) is 5.56 Å². The number of anilines is 1. The van der Waals surface area contributed by atoms with Crippen LogP contribution in [0, 0.1) is 22.7 Å². The molecule has 0 amide bonds. The Morgan fingerprint density at radius 3 is 2.11 bits per heavy atom. The Bertz CT molecular complexity index is 1180. The van der Waals surface area contributed by atoms with Gasteiger partial charge in [0.2, 0.25) is 0 Å². The van der Waals surface area contributed by atoms with Crippen molar-refractivity contribution in [3.63, 3.8) is 0 Å². The summed E-state index contributed by atoms with van der Waals surface area (Å²) in [5, 5.41) is 19.9. The first-order chi connectivity index (χ1) is 18.0. The molecule has 1 aromatic rings. The first-order valence-corrected chi connectivity index (χ1v) is 12.8. The van der Waals surface area contributed by atoms with Crippen LogP contribution in [0.4, 0.5) is 5.69 Å². The van der Waals surface area contributed by atoms with Crippen molar-refractivity contribution in [3.05, 3.63) is 28.7 Å². The molecule has 2 heterocycles. The van der Waals surface area contributed by atoms with Crippen LogP contribution in [-0.4, -0.2) is 60.6 Å². The molecule has 1 aliphatic heterocycles. The van der Waals surface area contributed by atoms with E-state index >= 15 is 0 Å². The Morgan fingerprint density at radius 1 is 1.03 bits per heavy atom. The van der Waals surface area contributed by atoms with Crippen LogP contribution in [0.25, 0.3) is 0 Å². The van der Waals surface area contributed by atoms with Crippen LogP contribution in [-0.2, 0) is 46.9 Å². The molecule has 0 aliphatic carbocycles. The van der Waals surface area contributed by atoms with E-state index in [0.717, 1.165) is 24.5 Å². The molecular formula is C22H27N4O11P. The van der Waals surface area contributed by atoms with Gasteiger partial charge in [0.05, 0.1) is 43.9 Å². The predicted octanol–water partition coefficient (Wildman–Crippen LogP) is 1.55. The van der Waals surface area contributed by atoms with Gasteiger partial charge in [-0.25, -0.2) is 4.57 Å². The summed E-state index contributed by atoms with van der Waals surface area (Å²) in [5.41, 5.74) is -0.703. The number of esters is 3. The Hall–Kier alpha value is -3.75. The van der Waals surface area contributed by atoms with E-state index < -0.39 is 55.8 Å². The fourth-order valence-corrected chi connectivity index (χ4v) is 4.69. The van der Waals surface area contributed by atoms with Gasteiger partial charge in [-0.15, -0.1) is 0 Å². The highest BCUT2D eigenvalue weighted by Crippen LogP contribution is 2.48. The van der Waals surface area contributed by atoms with Crippen molar-refractivity contribution in [2.75, 3.05) is 24.9 Å². The molecule has 1 N–H and O–H groups in total. The monoisotopic (exact) mass is 554 g/mol. The molecule has 1 saturated heterocycles. The van der Waals surface area contributed by atoms with E-state index in [1.54, 1.807) is 0 Å². The van der Waals surface area contributed by atoms with Gasteiger partial charge < -0.3 is 18.9 Å². The number of aromatic nitrogens is 1. The Morgan fingerprint density at radius 2 is 1.61 bits per heavy atom. The zero-order valence-electron chi connectivity index (χ0n) is 20.9. The van der Waals surface area contributed by atoms with E-state index in [2.05, 4.69) is 5.09 Å². The minimum atomic E-state index is -4.05. The Balaban J connectivity index is 2.35. The number of hydrogen-bond donors (Lipinski definition) is 1. The van der Waals surface area contributed by atoms with E-state index in [-0.39, 0.29) is 38.3 Å². The largest absolute Gasteiger partial charge is 0.463 e. The standard InChI is InChI=1S/C22H27N4O11P/c1-14(27)32-13-18-20(35-15(2)28)21(36-16(3)29)22(37-18)26-9-6-17(12-19(26)30)25-38(31,33-10-4-7-23)34-11-5-8-24/h6,9,12,18,20-22H,4-5,10-11,13H2,1-3H3,(H,25,31)/t18-,20-,21-,22-/m1/s1. The SMILES string of the molecule is CC(=O)OC[C@H]1O[C@@H](n2ccc(NP(=O)(OCCC#N)OCCC#N)cc2=O)[C@H](OC(C)=O)[C@@H]1OC(C)=O. The second-order valence-corrected chi connectivity index (χ2v) is 9.50. The summed E-state index contributed by atoms with van der Waals surface area (Å²) in [4.78, 5) is 47.8. The molecular weight excluding hydrogens is 527 g/mol. The molecule has 38 heavy (non-hydrogen) atoms. The third-order valence-corrected chi connectivity index (χ3v) is 6.36. The minimum absolute atomic E-state index is 0.0125. The Labute approximate surface area is 217 Å². The highest BCUT2D eigenvalue weighted by atomic mass is 31.2. The van der Waals surface area contributed by atoms with Gasteiger partial charge in [0.1, 0.15) is 12.7 Å². The van der Waals surface area contributed by atoms with Crippen molar-refractivity contribution < 1.29 is 46.9 Å². The van der Waals surface area contributed by atoms with Gasteiger partial charge in [0.15, 0.2) is 18.4 Å². The number of carbonyl (C=O) groups excluding carboxylic acids is 3. The van der Waals surface area contributed by atoms with Crippen LogP contribution in [0.2, 0.25) is 0 Å². The van der Waals surface area contributed by atoms with Crippen molar-refractivity contribution in [2.24, 2.45) is 0 Å². The molecule has 4 atom stereocenters. The summed E-state index contributed by atoms with van der Waals surface area (Å²) in [7, 11) is -4.05. The Kier molecular flexibility index (Phi) is 11.4. The molecule has 0 unspecified atom stereocenters. The van der Waals surface area contributed by atoms with E-state index in [4.69, 9.17) is 38.5 Å². The molecule has 206 valence electrons. The molecule has 1 aromatic heterocycles. The van der Waals surface area contributed by atoms with Crippen molar-refractivity contribution in [2.45, 2.75) is 58.2 Å². The van der Waals surface area contributed by atoms with Crippen LogP contribution in [0.1, 0.15) is 39.8 Å². The van der Waals surface area contributed by atoms with E-state index in [1.165, 1.54) is 19.2 Å². The summed E-state index contributed by atoms with van der Waals surface area (Å²) in [6.07, 6.45) is -3.75. The van der Waals surface area contributed by atoms with E-state index in [0.29, 0.717) is 0 Å². The predicted molar refractivity (Wildman–Crippen MR) is 126 cm³/mol. The summed E-state index contributed by atoms with van der Waals surface area (Å²) in [6, 6.07) is 6.01. The minimum Gasteiger partial charge on any atom is -0.463 e. The molecule has 0 spiro atoms. The highest BCUT2D eigenvalue weighted by Gasteiger charge is 2.50. The molecule has 16 heteroatoms. The second-order valence-electron chi connectivity index (χ2n) is 7.77. The second kappa shape index (κ2) is 14.3. The van der Waals surface area contributed by atoms with Gasteiger partial charge >= 0.3 is 25.7 Å². The van der Waals surface area contributed by atoms with E-state index in [1.807, 2.05) is 12.1 Å². The smallest absolute Gasteiger partial charge is 0.432 e. The molecule has 15 nitrogen and oxygen atoms in total. The highest BCUT2D eigenvalue weighted by molar-refractivity contribution is 7.55. The number of nitrogens with one attached hydrogen (secondary N) is 1. The molecule has 0 aromatic carbocycles. The van der Waals surface area contributed by atoms with Gasteiger partial charge in [-0.3, -0.25) is 37.9 Å². The maximum atomic E-state index is 13.0. The maximum absolute atomic E-state index is 13.0. The molecule has 1 fully saturated rings. The molecule has 0 radical (unpaired) electrons. The first kappa shape index (κ1) is 30.5. The van der Waals surface area contributed by atoms with E-state index in [9.17, 15) is 23.7 Å². The van der Waals surface area contributed by atoms with Gasteiger partial charge in [-0.05, 0) is 6.07 Å². The van der Waals surface area contributed by atoms with Gasteiger partial charge in [-0.1, -0.05) is 0 Å². The van der Waals surface area contributed by atoms with Crippen LogP contribution < -0.4 is 10.6 Å². The van der Waals surface area contributed by atoms with Crippen LogP contribution in [0.15, 0.2) is 23.1 Å². The lowest BCUT2D eigenvalue weighted by atomic mass is 10.1. The lowest BCUT2D eigenvalue weighted by molar-refractivity contribution is -0.166. The lowest BCUT2D eigenvalue weighted by Crippen LogP contribution is -2.41. The summed E-state index contributed by atoms with van der Waals surface area (Å²) in [6.45, 7) is 2.60. The first-order valence-electron chi connectivity index (χ1n) is 11.3. The average Bonchev–Trinajstić information content (AvgIpc) is 3.13. The zero-order valence-corrected chi connectivity index (χ0v) is 21.8. The third kappa shape index (κ3) is 8.97. The molecule has 0 saturated carbocycles. The fourth-order valence-electron chi connectivity index (χ4n) is 3.37. The average molecular weight is 554 g/mol. The number of hydrogen-bond acceptors (Lipinski definition) is 13. The fraction of sp³-hybridized carbons (Fsp3) is 0.545. The van der Waals surface area contributed by atoms with Crippen LogP contribution >= 0.6 is 7.75 Å². The van der Waals surface area contributed by atoms with Crippen molar-refractivity contribution in [1.82, 2.24) is 4.57 Å². The van der Waals surface area contributed by atoms with Crippen LogP contribution in [0.5, 0.6) is 0 Å². The zero-order chi connectivity index (χ0) is 28.3. The summed E-state index contributed by atoms with van der Waals surface area (Å²) < 4.78 is 45.8. The van der Waals surface area contributed by atoms with Gasteiger partial charge in [-0.2, -0.15) is 10.5 Å². The number of nitrogens with zero attached hydrogens (tertiary/aromatic N) is 3. The summed E-state index contributed by atoms with van der Waals surface area (Å²) >= 11 is 0. The topological polar surface area (TPSA) is 205 Å². The van der Waals surface area contributed by atoms with Crippen molar-refractivity contribution in [3.8, 4) is 12.1 Å². The third-order valence-electron chi connectivity index (χ3n) is 4.78. The quantitative estimate of drug-likeness (QED) is 0.159. The number of nitriles is 2. The van der Waals surface area contributed by atoms with Gasteiger partial charge in [0, 0.05) is 33.0 Å². The lowest BCUT2D eigenvalue weighted by Gasteiger charge is -2.24. The number of rotatable bonds is 13. The summed E-state index contributed by atoms with van der Waals surface area (Å²) in [5.74, 6) is -2.10. The van der Waals surface area contributed by atoms with Crippen molar-refractivity contribution >= 4 is 31.3 Å². The van der Waals surface area contributed by atoms with Crippen LogP contribution in [0.3, 0.4) is 0 Å². The molecule has 2 rings (SSSR count). The number of carbonyl (C=O) groups is 3. The normalized spacial score (nSPS) is 20.6. The molecule has 0 bridgehead atoms. The molecule has 1 aliphatic rings. The number of ether oxygens (including phenoxy) is 4. The maximum Gasteiger partial charge on any atom is 0.432 e. The number of pyridine rings is 1. The van der Waals surface area contributed by atoms with Crippen molar-refractivity contribution in [1.29, 1.82) is 10.5 Å².